The lowest BCUT2D eigenvalue weighted by Gasteiger charge is -2.20. The maximum Gasteiger partial charge on any atom is 0.275 e. The fourth-order valence-electron chi connectivity index (χ4n) is 4.35. The predicted octanol–water partition coefficient (Wildman–Crippen LogP) is 5.73. The minimum atomic E-state index is -2.46. The Morgan fingerprint density at radius 3 is 2.24 bits per heavy atom. The molecule has 186 valence electrons. The summed E-state index contributed by atoms with van der Waals surface area (Å²) < 4.78 is 21.8. The quantitative estimate of drug-likeness (QED) is 0.171. The van der Waals surface area contributed by atoms with Gasteiger partial charge >= 0.3 is 0 Å². The number of carbonyl (C=O) groups is 1. The van der Waals surface area contributed by atoms with Crippen molar-refractivity contribution in [1.29, 1.82) is 5.26 Å². The molecule has 0 aromatic heterocycles. The Morgan fingerprint density at radius 2 is 1.57 bits per heavy atom. The smallest absolute Gasteiger partial charge is 0.275 e. The molecule has 0 aliphatic carbocycles. The van der Waals surface area contributed by atoms with Gasteiger partial charge in [0, 0.05) is 12.1 Å². The molecule has 4 aromatic rings. The second-order valence-electron chi connectivity index (χ2n) is 8.66. The maximum atomic E-state index is 13.4. The largest absolute Gasteiger partial charge is 0.351 e. The molecule has 4 aromatic carbocycles. The number of nitrogens with one attached hydrogen (secondary N) is 1. The molecule has 0 spiro atoms. The fraction of sp³-hybridized carbons (Fsp3) is 0.133. The van der Waals surface area contributed by atoms with Gasteiger partial charge in [0.05, 0.1) is 11.6 Å². The van der Waals surface area contributed by atoms with E-state index in [0.717, 1.165) is 32.1 Å². The molecule has 6 nitrogen and oxygen atoms in total. The SMILES string of the molecule is Cc1ccccc1C(Cc1ccccc1)C(=O)NCc1ccc(-c2ccccc2N(C#N)S(=O)O)cc1. The standard InChI is InChI=1S/C30H27N3O3S/c1-22-9-5-6-12-26(22)28(19-23-10-3-2-4-11-23)30(34)32-20-24-15-17-25(18-16-24)27-13-7-8-14-29(27)33(21-31)37(35)36/h2-18,28H,19-20H2,1H3,(H,32,34)(H,35,36). The van der Waals surface area contributed by atoms with Crippen molar-refractivity contribution >= 4 is 22.9 Å². The summed E-state index contributed by atoms with van der Waals surface area (Å²) in [5.41, 5.74) is 5.90. The van der Waals surface area contributed by atoms with E-state index >= 15 is 0 Å². The highest BCUT2D eigenvalue weighted by molar-refractivity contribution is 7.81. The number of carbonyl (C=O) groups excluding carboxylic acids is 1. The molecule has 7 heteroatoms. The number of nitrogens with zero attached hydrogens (tertiary/aromatic N) is 2. The minimum absolute atomic E-state index is 0.0392. The van der Waals surface area contributed by atoms with Crippen molar-refractivity contribution in [3.05, 3.63) is 125 Å². The highest BCUT2D eigenvalue weighted by Gasteiger charge is 2.22. The van der Waals surface area contributed by atoms with E-state index in [4.69, 9.17) is 0 Å². The van der Waals surface area contributed by atoms with Crippen LogP contribution in [0.4, 0.5) is 5.69 Å². The first-order valence-corrected chi connectivity index (χ1v) is 12.9. The van der Waals surface area contributed by atoms with Crippen molar-refractivity contribution < 1.29 is 13.6 Å². The zero-order valence-corrected chi connectivity index (χ0v) is 21.2. The zero-order chi connectivity index (χ0) is 26.2. The zero-order valence-electron chi connectivity index (χ0n) is 20.4. The third-order valence-electron chi connectivity index (χ3n) is 6.26. The normalized spacial score (nSPS) is 12.2. The Morgan fingerprint density at radius 1 is 0.919 bits per heavy atom. The van der Waals surface area contributed by atoms with Crippen molar-refractivity contribution in [2.24, 2.45) is 0 Å². The van der Waals surface area contributed by atoms with Gasteiger partial charge in [0.25, 0.3) is 11.3 Å². The second-order valence-corrected chi connectivity index (χ2v) is 9.48. The molecule has 0 aliphatic rings. The van der Waals surface area contributed by atoms with Crippen LogP contribution in [0, 0.1) is 18.4 Å². The number of nitriles is 1. The first-order chi connectivity index (χ1) is 18.0. The molecular formula is C30H27N3O3S. The molecule has 2 unspecified atom stereocenters. The van der Waals surface area contributed by atoms with Gasteiger partial charge in [0.2, 0.25) is 5.91 Å². The Bertz CT molecular complexity index is 1430. The van der Waals surface area contributed by atoms with E-state index in [1.54, 1.807) is 30.5 Å². The van der Waals surface area contributed by atoms with Crippen LogP contribution in [0.5, 0.6) is 0 Å². The molecule has 0 bridgehead atoms. The van der Waals surface area contributed by atoms with Gasteiger partial charge in [-0.05, 0) is 47.2 Å². The lowest BCUT2D eigenvalue weighted by Crippen LogP contribution is -2.30. The van der Waals surface area contributed by atoms with E-state index in [9.17, 15) is 18.8 Å². The van der Waals surface area contributed by atoms with Crippen LogP contribution in [0.3, 0.4) is 0 Å². The number of hydrogen-bond donors (Lipinski definition) is 2. The van der Waals surface area contributed by atoms with Gasteiger partial charge in [-0.2, -0.15) is 9.57 Å². The van der Waals surface area contributed by atoms with Crippen LogP contribution in [0.2, 0.25) is 0 Å². The van der Waals surface area contributed by atoms with Crippen molar-refractivity contribution in [3.63, 3.8) is 0 Å². The van der Waals surface area contributed by atoms with E-state index in [1.807, 2.05) is 85.8 Å². The maximum absolute atomic E-state index is 13.4. The van der Waals surface area contributed by atoms with E-state index < -0.39 is 11.3 Å². The molecule has 2 atom stereocenters. The topological polar surface area (TPSA) is 93.4 Å². The Kier molecular flexibility index (Phi) is 8.47. The van der Waals surface area contributed by atoms with E-state index in [2.05, 4.69) is 5.32 Å². The Labute approximate surface area is 219 Å². The molecule has 0 saturated carbocycles. The lowest BCUT2D eigenvalue weighted by atomic mass is 9.88. The monoisotopic (exact) mass is 509 g/mol. The molecule has 1 amide bonds. The summed E-state index contributed by atoms with van der Waals surface area (Å²) in [6, 6.07) is 32.5. The summed E-state index contributed by atoms with van der Waals surface area (Å²) in [5, 5.41) is 12.4. The average molecular weight is 510 g/mol. The van der Waals surface area contributed by atoms with Crippen molar-refractivity contribution in [2.45, 2.75) is 25.8 Å². The average Bonchev–Trinajstić information content (AvgIpc) is 2.92. The summed E-state index contributed by atoms with van der Waals surface area (Å²) in [7, 11) is 0. The van der Waals surface area contributed by atoms with Gasteiger partial charge in [0.1, 0.15) is 0 Å². The van der Waals surface area contributed by atoms with Crippen LogP contribution in [-0.4, -0.2) is 14.7 Å². The van der Waals surface area contributed by atoms with Gasteiger partial charge in [-0.1, -0.05) is 97.1 Å². The van der Waals surface area contributed by atoms with Gasteiger partial charge in [-0.3, -0.25) is 9.35 Å². The fourth-order valence-corrected chi connectivity index (χ4v) is 4.75. The lowest BCUT2D eigenvalue weighted by molar-refractivity contribution is -0.122. The van der Waals surface area contributed by atoms with Crippen molar-refractivity contribution in [1.82, 2.24) is 5.32 Å². The van der Waals surface area contributed by atoms with Crippen molar-refractivity contribution in [2.75, 3.05) is 4.31 Å². The number of para-hydroxylation sites is 1. The van der Waals surface area contributed by atoms with E-state index in [0.29, 0.717) is 24.2 Å². The van der Waals surface area contributed by atoms with Crippen molar-refractivity contribution in [3.8, 4) is 17.3 Å². The molecule has 2 N–H and O–H groups in total. The number of anilines is 1. The minimum Gasteiger partial charge on any atom is -0.351 e. The predicted molar refractivity (Wildman–Crippen MR) is 147 cm³/mol. The molecule has 0 fully saturated rings. The van der Waals surface area contributed by atoms with Crippen LogP contribution in [0.15, 0.2) is 103 Å². The van der Waals surface area contributed by atoms with Crippen LogP contribution in [0.1, 0.15) is 28.2 Å². The van der Waals surface area contributed by atoms with Gasteiger partial charge < -0.3 is 5.32 Å². The highest BCUT2D eigenvalue weighted by atomic mass is 32.2. The van der Waals surface area contributed by atoms with Crippen LogP contribution >= 0.6 is 0 Å². The van der Waals surface area contributed by atoms with E-state index in [-0.39, 0.29) is 11.8 Å². The highest BCUT2D eigenvalue weighted by Crippen LogP contribution is 2.31. The summed E-state index contributed by atoms with van der Waals surface area (Å²) >= 11 is -2.46. The molecular weight excluding hydrogens is 482 g/mol. The summed E-state index contributed by atoms with van der Waals surface area (Å²) in [4.78, 5) is 13.4. The van der Waals surface area contributed by atoms with Gasteiger partial charge in [-0.25, -0.2) is 4.21 Å². The van der Waals surface area contributed by atoms with Crippen LogP contribution in [0.25, 0.3) is 11.1 Å². The molecule has 37 heavy (non-hydrogen) atoms. The third-order valence-corrected chi connectivity index (χ3v) is 6.86. The Balaban J connectivity index is 1.51. The summed E-state index contributed by atoms with van der Waals surface area (Å²) in [6.45, 7) is 2.39. The number of rotatable bonds is 9. The van der Waals surface area contributed by atoms with E-state index in [1.165, 1.54) is 0 Å². The molecule has 0 aliphatic heterocycles. The Hall–Kier alpha value is -4.25. The number of aryl methyl sites for hydroxylation is 1. The number of hydrogen-bond acceptors (Lipinski definition) is 3. The van der Waals surface area contributed by atoms with Gasteiger partial charge in [-0.15, -0.1) is 0 Å². The van der Waals surface area contributed by atoms with Gasteiger partial charge in [0.15, 0.2) is 6.19 Å². The first kappa shape index (κ1) is 25.8. The summed E-state index contributed by atoms with van der Waals surface area (Å²) in [5.74, 6) is -0.353. The molecule has 0 heterocycles. The first-order valence-electron chi connectivity index (χ1n) is 11.8. The third kappa shape index (κ3) is 6.31. The number of amides is 1. The molecule has 0 radical (unpaired) electrons. The number of benzene rings is 4. The molecule has 0 saturated heterocycles. The summed E-state index contributed by atoms with van der Waals surface area (Å²) in [6.07, 6.45) is 2.36. The van der Waals surface area contributed by atoms with Crippen LogP contribution < -0.4 is 9.62 Å². The van der Waals surface area contributed by atoms with Crippen LogP contribution in [-0.2, 0) is 29.0 Å². The molecule has 4 rings (SSSR count). The second kappa shape index (κ2) is 12.1.